The average molecular weight is 135 g/mol. The summed E-state index contributed by atoms with van der Waals surface area (Å²) in [6.45, 7) is 3.12. The van der Waals surface area contributed by atoms with E-state index in [-0.39, 0.29) is 6.54 Å². The molecular formula is C6H14FNO. The molecule has 0 aromatic carbocycles. The summed E-state index contributed by atoms with van der Waals surface area (Å²) in [5.41, 5.74) is 5.02. The zero-order valence-corrected chi connectivity index (χ0v) is 5.77. The fourth-order valence-electron chi connectivity index (χ4n) is 0.473. The first kappa shape index (κ1) is 8.85. The maximum Gasteiger partial charge on any atom is 0.114 e. The van der Waals surface area contributed by atoms with Crippen molar-refractivity contribution in [2.45, 2.75) is 19.5 Å². The van der Waals surface area contributed by atoms with Crippen molar-refractivity contribution in [2.24, 2.45) is 5.73 Å². The van der Waals surface area contributed by atoms with Gasteiger partial charge in [0.25, 0.3) is 0 Å². The van der Waals surface area contributed by atoms with Gasteiger partial charge in [0, 0.05) is 26.2 Å². The summed E-state index contributed by atoms with van der Waals surface area (Å²) in [7, 11) is 0. The average Bonchev–Trinajstić information content (AvgIpc) is 1.89. The molecule has 0 saturated carbocycles. The van der Waals surface area contributed by atoms with Crippen LogP contribution in [0.2, 0.25) is 0 Å². The predicted octanol–water partition coefficient (Wildman–Crippen LogP) is 0.710. The number of nitrogens with two attached hydrogens (primary N) is 1. The van der Waals surface area contributed by atoms with Gasteiger partial charge in [0.1, 0.15) is 6.17 Å². The third-order valence-corrected chi connectivity index (χ3v) is 1.04. The Balaban J connectivity index is 2.88. The lowest BCUT2D eigenvalue weighted by atomic mass is 10.3. The predicted molar refractivity (Wildman–Crippen MR) is 35.1 cm³/mol. The molecule has 0 aromatic heterocycles. The van der Waals surface area contributed by atoms with Crippen LogP contribution < -0.4 is 5.73 Å². The Bertz CT molecular complexity index is 61.0. The van der Waals surface area contributed by atoms with Gasteiger partial charge in [-0.05, 0) is 6.92 Å². The van der Waals surface area contributed by atoms with Gasteiger partial charge in [0.15, 0.2) is 0 Å². The molecule has 0 fully saturated rings. The quantitative estimate of drug-likeness (QED) is 0.563. The molecular weight excluding hydrogens is 121 g/mol. The lowest BCUT2D eigenvalue weighted by Crippen LogP contribution is -2.16. The maximum atomic E-state index is 12.3. The molecule has 2 nitrogen and oxygen atoms in total. The molecule has 0 aliphatic heterocycles. The molecule has 1 atom stereocenters. The highest BCUT2D eigenvalue weighted by molar-refractivity contribution is 4.53. The van der Waals surface area contributed by atoms with Gasteiger partial charge in [-0.1, -0.05) is 0 Å². The van der Waals surface area contributed by atoms with Crippen LogP contribution in [0.1, 0.15) is 13.3 Å². The normalized spacial score (nSPS) is 13.7. The molecule has 56 valence electrons. The molecule has 0 aliphatic rings. The highest BCUT2D eigenvalue weighted by atomic mass is 19.1. The van der Waals surface area contributed by atoms with Gasteiger partial charge >= 0.3 is 0 Å². The Kier molecular flexibility index (Phi) is 5.88. The van der Waals surface area contributed by atoms with Crippen molar-refractivity contribution in [3.63, 3.8) is 0 Å². The van der Waals surface area contributed by atoms with Gasteiger partial charge in [-0.3, -0.25) is 0 Å². The van der Waals surface area contributed by atoms with Crippen LogP contribution in [0.25, 0.3) is 0 Å². The Hall–Kier alpha value is -0.150. The number of rotatable bonds is 5. The minimum Gasteiger partial charge on any atom is -0.382 e. The Labute approximate surface area is 55.2 Å². The van der Waals surface area contributed by atoms with Crippen molar-refractivity contribution >= 4 is 0 Å². The van der Waals surface area contributed by atoms with E-state index in [0.29, 0.717) is 19.6 Å². The first-order valence-electron chi connectivity index (χ1n) is 3.23. The minimum absolute atomic E-state index is 0.104. The summed E-state index contributed by atoms with van der Waals surface area (Å²) in [4.78, 5) is 0. The number of alkyl halides is 1. The summed E-state index contributed by atoms with van der Waals surface area (Å²) in [5.74, 6) is 0. The monoisotopic (exact) mass is 135 g/mol. The van der Waals surface area contributed by atoms with Crippen molar-refractivity contribution in [3.05, 3.63) is 0 Å². The van der Waals surface area contributed by atoms with Gasteiger partial charge in [-0.15, -0.1) is 0 Å². The largest absolute Gasteiger partial charge is 0.382 e. The molecule has 2 N–H and O–H groups in total. The fraction of sp³-hybridized carbons (Fsp3) is 1.00. The number of halogens is 1. The van der Waals surface area contributed by atoms with E-state index in [1.54, 1.807) is 0 Å². The molecule has 0 aliphatic carbocycles. The third kappa shape index (κ3) is 5.73. The van der Waals surface area contributed by atoms with Gasteiger partial charge < -0.3 is 10.5 Å². The second-order valence-electron chi connectivity index (χ2n) is 1.82. The molecule has 0 amide bonds. The third-order valence-electron chi connectivity index (χ3n) is 1.04. The first-order chi connectivity index (χ1) is 4.31. The summed E-state index contributed by atoms with van der Waals surface area (Å²) in [5, 5.41) is 0. The zero-order chi connectivity index (χ0) is 7.11. The van der Waals surface area contributed by atoms with Gasteiger partial charge in [0.05, 0.1) is 0 Å². The number of hydrogen-bond acceptors (Lipinski definition) is 2. The van der Waals surface area contributed by atoms with Crippen molar-refractivity contribution in [1.82, 2.24) is 0 Å². The van der Waals surface area contributed by atoms with Crippen molar-refractivity contribution < 1.29 is 9.13 Å². The van der Waals surface area contributed by atoms with Crippen molar-refractivity contribution in [2.75, 3.05) is 19.8 Å². The second kappa shape index (κ2) is 5.98. The molecule has 3 heteroatoms. The molecule has 0 spiro atoms. The first-order valence-corrected chi connectivity index (χ1v) is 3.23. The molecule has 0 bridgehead atoms. The number of ether oxygens (including phenoxy) is 1. The Morgan fingerprint density at radius 1 is 1.67 bits per heavy atom. The summed E-state index contributed by atoms with van der Waals surface area (Å²) in [6.07, 6.45) is -0.471. The Morgan fingerprint density at radius 3 is 2.78 bits per heavy atom. The Morgan fingerprint density at radius 2 is 2.33 bits per heavy atom. The van der Waals surface area contributed by atoms with E-state index in [0.717, 1.165) is 0 Å². The summed E-state index contributed by atoms with van der Waals surface area (Å²) >= 11 is 0. The van der Waals surface area contributed by atoms with E-state index in [4.69, 9.17) is 10.5 Å². The minimum atomic E-state index is -0.892. The van der Waals surface area contributed by atoms with Crippen LogP contribution in [0.5, 0.6) is 0 Å². The van der Waals surface area contributed by atoms with Crippen LogP contribution in [0, 0.1) is 0 Å². The van der Waals surface area contributed by atoms with Gasteiger partial charge in [0.2, 0.25) is 0 Å². The molecule has 9 heavy (non-hydrogen) atoms. The highest BCUT2D eigenvalue weighted by Gasteiger charge is 2.00. The summed E-state index contributed by atoms with van der Waals surface area (Å²) < 4.78 is 17.2. The fourth-order valence-corrected chi connectivity index (χ4v) is 0.473. The molecule has 0 aromatic rings. The highest BCUT2D eigenvalue weighted by Crippen LogP contribution is 1.94. The lowest BCUT2D eigenvalue weighted by Gasteiger charge is -2.03. The van der Waals surface area contributed by atoms with Gasteiger partial charge in [-0.2, -0.15) is 0 Å². The van der Waals surface area contributed by atoms with E-state index in [2.05, 4.69) is 0 Å². The van der Waals surface area contributed by atoms with E-state index in [1.165, 1.54) is 0 Å². The number of hydrogen-bond donors (Lipinski definition) is 1. The van der Waals surface area contributed by atoms with Crippen molar-refractivity contribution in [1.29, 1.82) is 0 Å². The lowest BCUT2D eigenvalue weighted by molar-refractivity contribution is 0.124. The molecule has 0 radical (unpaired) electrons. The topological polar surface area (TPSA) is 35.2 Å². The molecule has 0 unspecified atom stereocenters. The second-order valence-corrected chi connectivity index (χ2v) is 1.82. The van der Waals surface area contributed by atoms with Crippen LogP contribution in [-0.4, -0.2) is 25.9 Å². The van der Waals surface area contributed by atoms with E-state index in [1.807, 2.05) is 6.92 Å². The van der Waals surface area contributed by atoms with Gasteiger partial charge in [-0.25, -0.2) is 4.39 Å². The van der Waals surface area contributed by atoms with Crippen LogP contribution in [-0.2, 0) is 4.74 Å². The standard InChI is InChI=1S/C6H14FNO/c1-2-9-4-3-6(7)5-8/h6H,2-5,8H2,1H3/t6-/m0/s1. The van der Waals surface area contributed by atoms with Crippen LogP contribution >= 0.6 is 0 Å². The van der Waals surface area contributed by atoms with E-state index >= 15 is 0 Å². The van der Waals surface area contributed by atoms with Crippen LogP contribution in [0.15, 0.2) is 0 Å². The van der Waals surface area contributed by atoms with Crippen LogP contribution in [0.3, 0.4) is 0 Å². The zero-order valence-electron chi connectivity index (χ0n) is 5.77. The summed E-state index contributed by atoms with van der Waals surface area (Å²) in [6, 6.07) is 0. The maximum absolute atomic E-state index is 12.3. The molecule has 0 heterocycles. The van der Waals surface area contributed by atoms with Crippen LogP contribution in [0.4, 0.5) is 4.39 Å². The SMILES string of the molecule is CCOCC[C@H](F)CN. The smallest absolute Gasteiger partial charge is 0.114 e. The van der Waals surface area contributed by atoms with E-state index in [9.17, 15) is 4.39 Å². The van der Waals surface area contributed by atoms with E-state index < -0.39 is 6.17 Å². The molecule has 0 rings (SSSR count). The molecule has 0 saturated heterocycles. The van der Waals surface area contributed by atoms with Crippen molar-refractivity contribution in [3.8, 4) is 0 Å².